The highest BCUT2D eigenvalue weighted by Crippen LogP contribution is 2.26. The van der Waals surface area contributed by atoms with Crippen LogP contribution in [0.15, 0.2) is 18.2 Å². The highest BCUT2D eigenvalue weighted by atomic mass is 32.2. The maximum atomic E-state index is 12.7. The van der Waals surface area contributed by atoms with Gasteiger partial charge >= 0.3 is 0 Å². The lowest BCUT2D eigenvalue weighted by Gasteiger charge is -2.33. The van der Waals surface area contributed by atoms with Crippen LogP contribution in [0.1, 0.15) is 24.0 Å². The van der Waals surface area contributed by atoms with Crippen LogP contribution in [0.2, 0.25) is 0 Å². The Morgan fingerprint density at radius 1 is 1.32 bits per heavy atom. The van der Waals surface area contributed by atoms with Crippen LogP contribution < -0.4 is 4.90 Å². The van der Waals surface area contributed by atoms with Crippen LogP contribution in [-0.2, 0) is 14.8 Å². The summed E-state index contributed by atoms with van der Waals surface area (Å²) in [5.41, 5.74) is 3.11. The van der Waals surface area contributed by atoms with Gasteiger partial charge in [0.1, 0.15) is 0 Å². The van der Waals surface area contributed by atoms with Gasteiger partial charge in [-0.05, 0) is 43.9 Å². The van der Waals surface area contributed by atoms with Gasteiger partial charge in [0.25, 0.3) is 0 Å². The Morgan fingerprint density at radius 2 is 2.00 bits per heavy atom. The van der Waals surface area contributed by atoms with Crippen LogP contribution in [0.3, 0.4) is 0 Å². The third-order valence-corrected chi connectivity index (χ3v) is 5.74. The third-order valence-electron chi connectivity index (χ3n) is 4.47. The Morgan fingerprint density at radius 3 is 2.64 bits per heavy atom. The zero-order valence-corrected chi connectivity index (χ0v) is 14.5. The number of amides is 1. The summed E-state index contributed by atoms with van der Waals surface area (Å²) in [4.78, 5) is 14.4. The second-order valence-corrected chi connectivity index (χ2v) is 8.06. The number of sulfonamides is 1. The van der Waals surface area contributed by atoms with Crippen LogP contribution in [0.25, 0.3) is 0 Å². The first kappa shape index (κ1) is 17.0. The van der Waals surface area contributed by atoms with Gasteiger partial charge in [-0.2, -0.15) is 0 Å². The van der Waals surface area contributed by atoms with Gasteiger partial charge in [-0.3, -0.25) is 4.79 Å². The lowest BCUT2D eigenvalue weighted by atomic mass is 9.97. The second-order valence-electron chi connectivity index (χ2n) is 6.08. The first-order valence-corrected chi connectivity index (χ1v) is 9.35. The van der Waals surface area contributed by atoms with Gasteiger partial charge in [-0.15, -0.1) is 0 Å². The summed E-state index contributed by atoms with van der Waals surface area (Å²) in [5.74, 6) is -0.282. The predicted octanol–water partition coefficient (Wildman–Crippen LogP) is 1.94. The predicted molar refractivity (Wildman–Crippen MR) is 88.5 cm³/mol. The molecule has 1 aliphatic heterocycles. The molecule has 0 bridgehead atoms. The zero-order valence-electron chi connectivity index (χ0n) is 13.7. The van der Waals surface area contributed by atoms with E-state index in [0.29, 0.717) is 6.54 Å². The van der Waals surface area contributed by atoms with Gasteiger partial charge in [0.2, 0.25) is 15.9 Å². The van der Waals surface area contributed by atoms with Crippen molar-refractivity contribution >= 4 is 21.6 Å². The van der Waals surface area contributed by atoms with Crippen LogP contribution in [0, 0.1) is 19.8 Å². The number of carbonyl (C=O) groups is 1. The molecule has 1 amide bonds. The molecule has 0 spiro atoms. The summed E-state index contributed by atoms with van der Waals surface area (Å²) in [6, 6.07) is 5.88. The lowest BCUT2D eigenvalue weighted by Crippen LogP contribution is -2.45. The quantitative estimate of drug-likeness (QED) is 0.854. The molecule has 0 unspecified atom stereocenters. The summed E-state index contributed by atoms with van der Waals surface area (Å²) < 4.78 is 24.8. The smallest absolute Gasteiger partial charge is 0.231 e. The van der Waals surface area contributed by atoms with Crippen molar-refractivity contribution in [1.82, 2.24) is 4.31 Å². The molecule has 6 heteroatoms. The topological polar surface area (TPSA) is 57.7 Å². The summed E-state index contributed by atoms with van der Waals surface area (Å²) in [5, 5.41) is 0. The zero-order chi connectivity index (χ0) is 16.5. The van der Waals surface area contributed by atoms with E-state index in [1.54, 1.807) is 11.9 Å². The standard InChI is InChI=1S/C16H24N2O3S/c1-12-7-5-9-15(13(12)2)17(3)16(19)14-8-6-10-18(11-14)22(4,20)21/h5,7,9,14H,6,8,10-11H2,1-4H3/t14-/m1/s1. The minimum Gasteiger partial charge on any atom is -0.315 e. The number of rotatable bonds is 3. The highest BCUT2D eigenvalue weighted by molar-refractivity contribution is 7.88. The van der Waals surface area contributed by atoms with E-state index in [0.717, 1.165) is 29.7 Å². The van der Waals surface area contributed by atoms with Crippen LogP contribution in [0.4, 0.5) is 5.69 Å². The highest BCUT2D eigenvalue weighted by Gasteiger charge is 2.32. The molecule has 5 nitrogen and oxygen atoms in total. The van der Waals surface area contributed by atoms with Gasteiger partial charge in [-0.1, -0.05) is 12.1 Å². The van der Waals surface area contributed by atoms with Gasteiger partial charge < -0.3 is 4.90 Å². The molecule has 1 saturated heterocycles. The van der Waals surface area contributed by atoms with E-state index < -0.39 is 10.0 Å². The van der Waals surface area contributed by atoms with Crippen molar-refractivity contribution in [2.45, 2.75) is 26.7 Å². The van der Waals surface area contributed by atoms with Crippen molar-refractivity contribution < 1.29 is 13.2 Å². The first-order chi connectivity index (χ1) is 10.2. The SMILES string of the molecule is Cc1cccc(N(C)C(=O)[C@@H]2CCCN(S(C)(=O)=O)C2)c1C. The average Bonchev–Trinajstić information content (AvgIpc) is 2.48. The lowest BCUT2D eigenvalue weighted by molar-refractivity contribution is -0.123. The number of hydrogen-bond donors (Lipinski definition) is 0. The molecule has 0 N–H and O–H groups in total. The number of anilines is 1. The molecule has 0 radical (unpaired) electrons. The molecule has 1 heterocycles. The van der Waals surface area contributed by atoms with Gasteiger partial charge in [0.15, 0.2) is 0 Å². The molecule has 1 aromatic carbocycles. The molecule has 0 saturated carbocycles. The molecule has 1 aliphatic rings. The average molecular weight is 324 g/mol. The van der Waals surface area contributed by atoms with Crippen LogP contribution >= 0.6 is 0 Å². The summed E-state index contributed by atoms with van der Waals surface area (Å²) >= 11 is 0. The van der Waals surface area contributed by atoms with E-state index in [2.05, 4.69) is 0 Å². The Kier molecular flexibility index (Phi) is 4.92. The van der Waals surface area contributed by atoms with Crippen molar-refractivity contribution in [3.63, 3.8) is 0 Å². The summed E-state index contributed by atoms with van der Waals surface area (Å²) in [6.07, 6.45) is 2.67. The van der Waals surface area contributed by atoms with Crippen molar-refractivity contribution in [3.8, 4) is 0 Å². The summed E-state index contributed by atoms with van der Waals surface area (Å²) in [7, 11) is -1.47. The fraction of sp³-hybridized carbons (Fsp3) is 0.562. The molecule has 1 aromatic rings. The number of carbonyl (C=O) groups excluding carboxylic acids is 1. The van der Waals surface area contributed by atoms with E-state index in [9.17, 15) is 13.2 Å². The van der Waals surface area contributed by atoms with E-state index in [1.165, 1.54) is 10.6 Å². The molecule has 2 rings (SSSR count). The Bertz CT molecular complexity index is 670. The van der Waals surface area contributed by atoms with Gasteiger partial charge in [0.05, 0.1) is 12.2 Å². The molecular formula is C16H24N2O3S. The molecule has 0 aliphatic carbocycles. The number of benzene rings is 1. The van der Waals surface area contributed by atoms with Crippen molar-refractivity contribution in [2.75, 3.05) is 31.3 Å². The van der Waals surface area contributed by atoms with E-state index >= 15 is 0 Å². The fourth-order valence-electron chi connectivity index (χ4n) is 2.94. The Hall–Kier alpha value is -1.40. The van der Waals surface area contributed by atoms with Crippen LogP contribution in [0.5, 0.6) is 0 Å². The third kappa shape index (κ3) is 3.50. The normalized spacial score (nSPS) is 19.9. The number of aryl methyl sites for hydroxylation is 1. The van der Waals surface area contributed by atoms with E-state index in [-0.39, 0.29) is 18.4 Å². The minimum atomic E-state index is -3.23. The van der Waals surface area contributed by atoms with E-state index in [4.69, 9.17) is 0 Å². The number of piperidine rings is 1. The first-order valence-electron chi connectivity index (χ1n) is 7.50. The molecule has 0 aromatic heterocycles. The molecule has 22 heavy (non-hydrogen) atoms. The number of nitrogens with zero attached hydrogens (tertiary/aromatic N) is 2. The number of hydrogen-bond acceptors (Lipinski definition) is 3. The molecule has 122 valence electrons. The van der Waals surface area contributed by atoms with Crippen molar-refractivity contribution in [2.24, 2.45) is 5.92 Å². The summed E-state index contributed by atoms with van der Waals surface area (Å²) in [6.45, 7) is 4.81. The monoisotopic (exact) mass is 324 g/mol. The van der Waals surface area contributed by atoms with Crippen molar-refractivity contribution in [1.29, 1.82) is 0 Å². The van der Waals surface area contributed by atoms with Gasteiger partial charge in [0, 0.05) is 25.8 Å². The maximum absolute atomic E-state index is 12.7. The largest absolute Gasteiger partial charge is 0.315 e. The van der Waals surface area contributed by atoms with Gasteiger partial charge in [-0.25, -0.2) is 12.7 Å². The molecule has 1 fully saturated rings. The van der Waals surface area contributed by atoms with Crippen LogP contribution in [-0.4, -0.2) is 45.0 Å². The second kappa shape index (κ2) is 6.38. The molecule has 1 atom stereocenters. The Labute approximate surface area is 133 Å². The fourth-order valence-corrected chi connectivity index (χ4v) is 3.85. The van der Waals surface area contributed by atoms with Crippen molar-refractivity contribution in [3.05, 3.63) is 29.3 Å². The minimum absolute atomic E-state index is 0.0120. The van der Waals surface area contributed by atoms with E-state index in [1.807, 2.05) is 32.0 Å². The Balaban J connectivity index is 2.18. The molecular weight excluding hydrogens is 300 g/mol. The maximum Gasteiger partial charge on any atom is 0.231 e.